The highest BCUT2D eigenvalue weighted by Gasteiger charge is 2.29. The fraction of sp³-hybridized carbons (Fsp3) is 0.500. The number of ether oxygens (including phenoxy) is 2. The number of hydrogen-bond acceptors (Lipinski definition) is 6. The SMILES string of the molecule is COc1ccc(C2=CC(=O)CCCCC(=S)N2CC(=O)NC2CC(N)C2)c(OC)c1. The molecule has 1 fully saturated rings. The molecule has 1 saturated carbocycles. The summed E-state index contributed by atoms with van der Waals surface area (Å²) in [5.41, 5.74) is 7.09. The van der Waals surface area contributed by atoms with Crippen LogP contribution in [0.15, 0.2) is 24.3 Å². The van der Waals surface area contributed by atoms with Crippen LogP contribution in [-0.2, 0) is 9.59 Å². The molecule has 1 aromatic rings. The van der Waals surface area contributed by atoms with Crippen molar-refractivity contribution in [3.63, 3.8) is 0 Å². The first-order valence-electron chi connectivity index (χ1n) is 10.2. The second-order valence-electron chi connectivity index (χ2n) is 7.75. The summed E-state index contributed by atoms with van der Waals surface area (Å²) >= 11 is 5.68. The van der Waals surface area contributed by atoms with Crippen LogP contribution in [0.25, 0.3) is 5.70 Å². The molecule has 3 N–H and O–H groups in total. The minimum Gasteiger partial charge on any atom is -0.497 e. The molecule has 2 aliphatic rings. The second kappa shape index (κ2) is 10.0. The van der Waals surface area contributed by atoms with Crippen molar-refractivity contribution >= 4 is 34.6 Å². The molecule has 0 bridgehead atoms. The fourth-order valence-electron chi connectivity index (χ4n) is 3.75. The van der Waals surface area contributed by atoms with Gasteiger partial charge in [0.1, 0.15) is 18.0 Å². The van der Waals surface area contributed by atoms with E-state index in [4.69, 9.17) is 27.4 Å². The molecular formula is C22H29N3O4S. The first-order valence-corrected chi connectivity index (χ1v) is 10.6. The summed E-state index contributed by atoms with van der Waals surface area (Å²) in [4.78, 5) is 27.7. The maximum Gasteiger partial charge on any atom is 0.240 e. The number of rotatable bonds is 6. The number of methoxy groups -OCH3 is 2. The van der Waals surface area contributed by atoms with Crippen molar-refractivity contribution in [2.75, 3.05) is 20.8 Å². The van der Waals surface area contributed by atoms with E-state index in [1.807, 2.05) is 6.07 Å². The Bertz CT molecular complexity index is 849. The predicted octanol–water partition coefficient (Wildman–Crippen LogP) is 2.42. The molecule has 1 aromatic carbocycles. The van der Waals surface area contributed by atoms with Gasteiger partial charge in [-0.2, -0.15) is 0 Å². The Morgan fingerprint density at radius 2 is 1.97 bits per heavy atom. The zero-order chi connectivity index (χ0) is 21.7. The number of nitrogens with one attached hydrogen (secondary N) is 1. The molecule has 1 amide bonds. The highest BCUT2D eigenvalue weighted by Crippen LogP contribution is 2.33. The predicted molar refractivity (Wildman–Crippen MR) is 119 cm³/mol. The summed E-state index contributed by atoms with van der Waals surface area (Å²) in [5.74, 6) is 1.05. The van der Waals surface area contributed by atoms with Gasteiger partial charge in [-0.25, -0.2) is 0 Å². The van der Waals surface area contributed by atoms with E-state index in [2.05, 4.69) is 5.32 Å². The number of ketones is 1. The van der Waals surface area contributed by atoms with Crippen molar-refractivity contribution < 1.29 is 19.1 Å². The number of benzene rings is 1. The van der Waals surface area contributed by atoms with Gasteiger partial charge in [0.15, 0.2) is 5.78 Å². The van der Waals surface area contributed by atoms with Crippen LogP contribution in [0.2, 0.25) is 0 Å². The Kier molecular flexibility index (Phi) is 7.44. The number of hydrogen-bond donors (Lipinski definition) is 2. The summed E-state index contributed by atoms with van der Waals surface area (Å²) in [7, 11) is 3.14. The zero-order valence-corrected chi connectivity index (χ0v) is 18.3. The van der Waals surface area contributed by atoms with Crippen LogP contribution < -0.4 is 20.5 Å². The molecule has 1 aliphatic heterocycles. The molecule has 0 spiro atoms. The molecule has 1 heterocycles. The third-order valence-electron chi connectivity index (χ3n) is 5.48. The quantitative estimate of drug-likeness (QED) is 0.668. The third-order valence-corrected chi connectivity index (χ3v) is 5.90. The van der Waals surface area contributed by atoms with Gasteiger partial charge in [-0.1, -0.05) is 12.2 Å². The van der Waals surface area contributed by atoms with E-state index in [0.717, 1.165) is 25.7 Å². The van der Waals surface area contributed by atoms with Crippen molar-refractivity contribution in [3.8, 4) is 11.5 Å². The average Bonchev–Trinajstić information content (AvgIpc) is 2.77. The molecule has 8 heteroatoms. The number of thiocarbonyl (C=S) groups is 1. The van der Waals surface area contributed by atoms with E-state index in [0.29, 0.717) is 40.6 Å². The second-order valence-corrected chi connectivity index (χ2v) is 8.22. The normalized spacial score (nSPS) is 22.2. The van der Waals surface area contributed by atoms with Gasteiger partial charge in [-0.15, -0.1) is 0 Å². The van der Waals surface area contributed by atoms with Gasteiger partial charge >= 0.3 is 0 Å². The molecular weight excluding hydrogens is 402 g/mol. The monoisotopic (exact) mass is 431 g/mol. The van der Waals surface area contributed by atoms with Crippen LogP contribution in [0.5, 0.6) is 11.5 Å². The molecule has 0 aromatic heterocycles. The largest absolute Gasteiger partial charge is 0.497 e. The van der Waals surface area contributed by atoms with Crippen LogP contribution in [0, 0.1) is 0 Å². The molecule has 0 radical (unpaired) electrons. The molecule has 0 saturated heterocycles. The van der Waals surface area contributed by atoms with Gasteiger partial charge in [0, 0.05) is 36.2 Å². The van der Waals surface area contributed by atoms with Crippen molar-refractivity contribution in [2.24, 2.45) is 5.73 Å². The lowest BCUT2D eigenvalue weighted by molar-refractivity contribution is -0.122. The van der Waals surface area contributed by atoms with E-state index in [1.165, 1.54) is 0 Å². The third kappa shape index (κ3) is 5.37. The molecule has 0 atom stereocenters. The van der Waals surface area contributed by atoms with Crippen LogP contribution in [0.3, 0.4) is 0 Å². The number of nitrogens with two attached hydrogens (primary N) is 1. The summed E-state index contributed by atoms with van der Waals surface area (Å²) in [6.45, 7) is 0.0405. The minimum absolute atomic E-state index is 0.00273. The van der Waals surface area contributed by atoms with E-state index in [9.17, 15) is 9.59 Å². The van der Waals surface area contributed by atoms with Crippen LogP contribution in [-0.4, -0.2) is 54.4 Å². The van der Waals surface area contributed by atoms with Crippen molar-refractivity contribution in [3.05, 3.63) is 29.8 Å². The highest BCUT2D eigenvalue weighted by atomic mass is 32.1. The maximum absolute atomic E-state index is 12.7. The Morgan fingerprint density at radius 3 is 2.63 bits per heavy atom. The average molecular weight is 432 g/mol. The first kappa shape index (κ1) is 22.2. The summed E-state index contributed by atoms with van der Waals surface area (Å²) < 4.78 is 10.8. The zero-order valence-electron chi connectivity index (χ0n) is 17.5. The van der Waals surface area contributed by atoms with Gasteiger partial charge in [0.25, 0.3) is 0 Å². The lowest BCUT2D eigenvalue weighted by atomic mass is 9.87. The number of carbonyl (C=O) groups is 2. The van der Waals surface area contributed by atoms with Crippen LogP contribution in [0.1, 0.15) is 44.1 Å². The standard InChI is InChI=1S/C22H29N3O4S/c1-28-17-7-8-18(20(12-17)29-2)19-11-16(26)5-3-4-6-22(30)25(19)13-21(27)24-15-9-14(23)10-15/h7-8,11-12,14-15H,3-6,9-10,13,23H2,1-2H3,(H,24,27). The summed E-state index contributed by atoms with van der Waals surface area (Å²) in [6.07, 6.45) is 5.80. The molecule has 0 unspecified atom stereocenters. The highest BCUT2D eigenvalue weighted by molar-refractivity contribution is 7.80. The Balaban J connectivity index is 1.94. The van der Waals surface area contributed by atoms with Gasteiger partial charge in [0.2, 0.25) is 5.91 Å². The lowest BCUT2D eigenvalue weighted by Crippen LogP contribution is -2.52. The van der Waals surface area contributed by atoms with Gasteiger partial charge < -0.3 is 25.4 Å². The van der Waals surface area contributed by atoms with E-state index in [1.54, 1.807) is 37.3 Å². The van der Waals surface area contributed by atoms with Crippen molar-refractivity contribution in [2.45, 2.75) is 50.6 Å². The molecule has 7 nitrogen and oxygen atoms in total. The first-order chi connectivity index (χ1) is 14.4. The van der Waals surface area contributed by atoms with Crippen LogP contribution in [0.4, 0.5) is 0 Å². The summed E-state index contributed by atoms with van der Waals surface area (Å²) in [5, 5.41) is 3.01. The Hall–Kier alpha value is -2.45. The van der Waals surface area contributed by atoms with Crippen molar-refractivity contribution in [1.29, 1.82) is 0 Å². The molecule has 3 rings (SSSR count). The maximum atomic E-state index is 12.7. The van der Waals surface area contributed by atoms with E-state index >= 15 is 0 Å². The fourth-order valence-corrected chi connectivity index (χ4v) is 4.06. The van der Waals surface area contributed by atoms with Crippen LogP contribution >= 0.6 is 12.2 Å². The van der Waals surface area contributed by atoms with Gasteiger partial charge in [-0.05, 0) is 44.2 Å². The van der Waals surface area contributed by atoms with Gasteiger partial charge in [0.05, 0.1) is 24.9 Å². The smallest absolute Gasteiger partial charge is 0.240 e. The van der Waals surface area contributed by atoms with E-state index < -0.39 is 0 Å². The Morgan fingerprint density at radius 1 is 1.23 bits per heavy atom. The topological polar surface area (TPSA) is 93.9 Å². The number of amides is 1. The lowest BCUT2D eigenvalue weighted by Gasteiger charge is -2.34. The number of nitrogens with zero attached hydrogens (tertiary/aromatic N) is 1. The van der Waals surface area contributed by atoms with E-state index in [-0.39, 0.29) is 30.3 Å². The molecule has 162 valence electrons. The van der Waals surface area contributed by atoms with Crippen molar-refractivity contribution in [1.82, 2.24) is 10.2 Å². The van der Waals surface area contributed by atoms with Gasteiger partial charge in [-0.3, -0.25) is 9.59 Å². The Labute approximate surface area is 182 Å². The number of carbonyl (C=O) groups excluding carboxylic acids is 2. The molecule has 30 heavy (non-hydrogen) atoms. The minimum atomic E-state index is -0.140. The molecule has 1 aliphatic carbocycles. The summed E-state index contributed by atoms with van der Waals surface area (Å²) in [6, 6.07) is 5.63. The number of allylic oxidation sites excluding steroid dienone is 1.